The largest absolute Gasteiger partial charge is 0.467 e. The number of nitrogens with zero attached hydrogens (tertiary/aromatic N) is 1. The third-order valence-electron chi connectivity index (χ3n) is 2.49. The molecule has 0 fully saturated rings. The molecule has 1 aromatic carbocycles. The Balaban J connectivity index is 2.15. The van der Waals surface area contributed by atoms with Crippen molar-refractivity contribution in [1.82, 2.24) is 4.90 Å². The second kappa shape index (κ2) is 5.27. The van der Waals surface area contributed by atoms with Crippen LogP contribution in [0.15, 0.2) is 45.5 Å². The van der Waals surface area contributed by atoms with Crippen molar-refractivity contribution in [1.29, 1.82) is 0 Å². The van der Waals surface area contributed by atoms with Crippen LogP contribution in [0, 0.1) is 0 Å². The van der Waals surface area contributed by atoms with Crippen molar-refractivity contribution in [3.63, 3.8) is 0 Å². The minimum atomic E-state index is -0.0978. The topological polar surface area (TPSA) is 59.5 Å². The van der Waals surface area contributed by atoms with E-state index >= 15 is 0 Å². The highest BCUT2D eigenvalue weighted by molar-refractivity contribution is 9.10. The zero-order valence-electron chi connectivity index (χ0n) is 9.89. The summed E-state index contributed by atoms with van der Waals surface area (Å²) >= 11 is 3.32. The number of anilines is 1. The summed E-state index contributed by atoms with van der Waals surface area (Å²) in [7, 11) is 1.72. The summed E-state index contributed by atoms with van der Waals surface area (Å²) in [5.74, 6) is 0.646. The minimum absolute atomic E-state index is 0.0978. The summed E-state index contributed by atoms with van der Waals surface area (Å²) in [6, 6.07) is 8.79. The van der Waals surface area contributed by atoms with Crippen LogP contribution in [0.25, 0.3) is 0 Å². The highest BCUT2D eigenvalue weighted by Crippen LogP contribution is 2.19. The molecule has 0 atom stereocenters. The van der Waals surface area contributed by atoms with Gasteiger partial charge < -0.3 is 15.1 Å². The lowest BCUT2D eigenvalue weighted by Gasteiger charge is -2.16. The highest BCUT2D eigenvalue weighted by atomic mass is 79.9. The van der Waals surface area contributed by atoms with Crippen LogP contribution in [-0.4, -0.2) is 17.9 Å². The fourth-order valence-electron chi connectivity index (χ4n) is 1.66. The average Bonchev–Trinajstić information content (AvgIpc) is 2.79. The van der Waals surface area contributed by atoms with E-state index in [1.807, 2.05) is 6.07 Å². The normalized spacial score (nSPS) is 10.3. The molecule has 0 aliphatic carbocycles. The molecule has 0 unspecified atom stereocenters. The van der Waals surface area contributed by atoms with Crippen molar-refractivity contribution in [2.45, 2.75) is 6.54 Å². The molecule has 94 valence electrons. The van der Waals surface area contributed by atoms with E-state index < -0.39 is 0 Å². The van der Waals surface area contributed by atoms with Crippen LogP contribution >= 0.6 is 15.9 Å². The number of carbonyl (C=O) groups is 1. The molecule has 1 heterocycles. The van der Waals surface area contributed by atoms with E-state index in [9.17, 15) is 4.79 Å². The monoisotopic (exact) mass is 308 g/mol. The highest BCUT2D eigenvalue weighted by Gasteiger charge is 2.14. The second-order valence-corrected chi connectivity index (χ2v) is 4.93. The van der Waals surface area contributed by atoms with Crippen molar-refractivity contribution in [2.24, 2.45) is 0 Å². The quantitative estimate of drug-likeness (QED) is 0.887. The molecule has 4 nitrogen and oxygen atoms in total. The van der Waals surface area contributed by atoms with Gasteiger partial charge in [-0.05, 0) is 30.3 Å². The van der Waals surface area contributed by atoms with Crippen LogP contribution in [0.4, 0.5) is 5.69 Å². The third-order valence-corrected chi connectivity index (χ3v) is 2.94. The van der Waals surface area contributed by atoms with Crippen LogP contribution in [-0.2, 0) is 6.54 Å². The molecule has 0 spiro atoms. The molecule has 0 saturated carbocycles. The Morgan fingerprint density at radius 2 is 2.22 bits per heavy atom. The fraction of sp³-hybridized carbons (Fsp3) is 0.154. The van der Waals surface area contributed by atoms with E-state index in [4.69, 9.17) is 10.2 Å². The summed E-state index contributed by atoms with van der Waals surface area (Å²) in [6.45, 7) is 0.429. The molecule has 0 radical (unpaired) electrons. The van der Waals surface area contributed by atoms with E-state index in [0.717, 1.165) is 10.2 Å². The predicted molar refractivity (Wildman–Crippen MR) is 73.1 cm³/mol. The van der Waals surface area contributed by atoms with E-state index in [0.29, 0.717) is 17.8 Å². The molecule has 0 aliphatic heterocycles. The number of carbonyl (C=O) groups excluding carboxylic acids is 1. The summed E-state index contributed by atoms with van der Waals surface area (Å²) in [4.78, 5) is 13.8. The number of nitrogens with two attached hydrogens (primary N) is 1. The number of hydrogen-bond donors (Lipinski definition) is 1. The molecule has 18 heavy (non-hydrogen) atoms. The van der Waals surface area contributed by atoms with Gasteiger partial charge in [-0.3, -0.25) is 4.79 Å². The summed E-state index contributed by atoms with van der Waals surface area (Å²) in [6.07, 6.45) is 1.59. The summed E-state index contributed by atoms with van der Waals surface area (Å²) in [5.41, 5.74) is 6.82. The Bertz CT molecular complexity index is 532. The number of nitrogen functional groups attached to an aromatic ring is 1. The van der Waals surface area contributed by atoms with Gasteiger partial charge >= 0.3 is 0 Å². The maximum atomic E-state index is 12.2. The van der Waals surface area contributed by atoms with Gasteiger partial charge in [-0.1, -0.05) is 15.9 Å². The van der Waals surface area contributed by atoms with Crippen molar-refractivity contribution in [2.75, 3.05) is 12.8 Å². The zero-order valence-corrected chi connectivity index (χ0v) is 11.5. The lowest BCUT2D eigenvalue weighted by Crippen LogP contribution is -2.26. The lowest BCUT2D eigenvalue weighted by molar-refractivity contribution is 0.0775. The molecule has 5 heteroatoms. The molecule has 0 saturated heterocycles. The molecule has 2 aromatic rings. The van der Waals surface area contributed by atoms with Crippen LogP contribution in [0.5, 0.6) is 0 Å². The average molecular weight is 309 g/mol. The molecule has 2 N–H and O–H groups in total. The molecular formula is C13H13BrN2O2. The first-order chi connectivity index (χ1) is 8.56. The number of halogens is 1. The first-order valence-electron chi connectivity index (χ1n) is 5.40. The van der Waals surface area contributed by atoms with Gasteiger partial charge in [-0.25, -0.2) is 0 Å². The minimum Gasteiger partial charge on any atom is -0.467 e. The molecular weight excluding hydrogens is 296 g/mol. The van der Waals surface area contributed by atoms with E-state index in [1.165, 1.54) is 0 Å². The van der Waals surface area contributed by atoms with E-state index in [-0.39, 0.29) is 5.91 Å². The van der Waals surface area contributed by atoms with Gasteiger partial charge in [0.05, 0.1) is 12.8 Å². The molecule has 0 bridgehead atoms. The molecule has 1 aromatic heterocycles. The molecule has 1 amide bonds. The van der Waals surface area contributed by atoms with Crippen LogP contribution in [0.1, 0.15) is 16.1 Å². The van der Waals surface area contributed by atoms with Crippen LogP contribution in [0.3, 0.4) is 0 Å². The molecule has 0 aliphatic rings. The van der Waals surface area contributed by atoms with Crippen molar-refractivity contribution in [3.05, 3.63) is 52.4 Å². The van der Waals surface area contributed by atoms with Crippen LogP contribution in [0.2, 0.25) is 0 Å². The first kappa shape index (κ1) is 12.7. The Morgan fingerprint density at radius 1 is 1.44 bits per heavy atom. The number of furan rings is 1. The van der Waals surface area contributed by atoms with Crippen molar-refractivity contribution >= 4 is 27.5 Å². The number of hydrogen-bond acceptors (Lipinski definition) is 3. The SMILES string of the molecule is CN(Cc1ccco1)C(=O)c1cc(N)cc(Br)c1. The van der Waals surface area contributed by atoms with Gasteiger partial charge in [0.25, 0.3) is 5.91 Å². The van der Waals surface area contributed by atoms with Crippen LogP contribution < -0.4 is 5.73 Å². The first-order valence-corrected chi connectivity index (χ1v) is 6.19. The Labute approximate surface area is 114 Å². The van der Waals surface area contributed by atoms with Gasteiger partial charge in [-0.15, -0.1) is 0 Å². The Hall–Kier alpha value is -1.75. The summed E-state index contributed by atoms with van der Waals surface area (Å²) in [5, 5.41) is 0. The van der Waals surface area contributed by atoms with Crippen molar-refractivity contribution in [3.8, 4) is 0 Å². The number of amides is 1. The standard InChI is InChI=1S/C13H13BrN2O2/c1-16(8-12-3-2-4-18-12)13(17)9-5-10(14)7-11(15)6-9/h2-7H,8,15H2,1H3. The zero-order chi connectivity index (χ0) is 13.1. The maximum Gasteiger partial charge on any atom is 0.254 e. The fourth-order valence-corrected chi connectivity index (χ4v) is 2.18. The molecule has 2 rings (SSSR count). The smallest absolute Gasteiger partial charge is 0.254 e. The summed E-state index contributed by atoms with van der Waals surface area (Å²) < 4.78 is 6.00. The van der Waals surface area contributed by atoms with Gasteiger partial charge in [0.15, 0.2) is 0 Å². The van der Waals surface area contributed by atoms with Gasteiger partial charge in [-0.2, -0.15) is 0 Å². The Morgan fingerprint density at radius 3 is 2.83 bits per heavy atom. The number of benzene rings is 1. The maximum absolute atomic E-state index is 12.2. The van der Waals surface area contributed by atoms with E-state index in [2.05, 4.69) is 15.9 Å². The van der Waals surface area contributed by atoms with Gasteiger partial charge in [0.2, 0.25) is 0 Å². The Kier molecular flexibility index (Phi) is 3.72. The van der Waals surface area contributed by atoms with Gasteiger partial charge in [0.1, 0.15) is 5.76 Å². The van der Waals surface area contributed by atoms with Crippen molar-refractivity contribution < 1.29 is 9.21 Å². The van der Waals surface area contributed by atoms with Gasteiger partial charge in [0, 0.05) is 22.8 Å². The predicted octanol–water partition coefficient (Wildman–Crippen LogP) is 2.90. The third kappa shape index (κ3) is 2.92. The number of rotatable bonds is 3. The second-order valence-electron chi connectivity index (χ2n) is 4.01. The van der Waals surface area contributed by atoms with E-state index in [1.54, 1.807) is 42.5 Å². The lowest BCUT2D eigenvalue weighted by atomic mass is 10.2.